The Morgan fingerprint density at radius 2 is 1.25 bits per heavy atom. The number of pyridine rings is 1. The number of hydrogen-bond donors (Lipinski definition) is 1. The van der Waals surface area contributed by atoms with Crippen molar-refractivity contribution >= 4 is 59.6 Å². The summed E-state index contributed by atoms with van der Waals surface area (Å²) in [7, 11) is 0. The standard InChI is InChI=1S/C29H23BrN2/c1-3-11-18(4-2)25-19-12-5-7-14-21(19)26(22-15-8-6-13-20(22)25)28-24-17-10-9-16-23(24)27(30)29(31)32-28/h3-17H,1-2H3,(H2,31,32)/b11-3-,18-4+. The topological polar surface area (TPSA) is 38.9 Å². The predicted octanol–water partition coefficient (Wildman–Crippen LogP) is 8.53. The molecule has 0 aliphatic heterocycles. The molecule has 1 aromatic heterocycles. The molecular formula is C29H23BrN2. The van der Waals surface area contributed by atoms with Gasteiger partial charge in [0.25, 0.3) is 0 Å². The van der Waals surface area contributed by atoms with E-state index in [9.17, 15) is 0 Å². The van der Waals surface area contributed by atoms with Crippen LogP contribution in [0.25, 0.3) is 49.1 Å². The summed E-state index contributed by atoms with van der Waals surface area (Å²) in [4.78, 5) is 4.90. The zero-order valence-electron chi connectivity index (χ0n) is 18.1. The van der Waals surface area contributed by atoms with Crippen LogP contribution >= 0.6 is 15.9 Å². The Bertz CT molecular complexity index is 1500. The minimum absolute atomic E-state index is 0.499. The Labute approximate surface area is 196 Å². The normalized spacial score (nSPS) is 12.4. The van der Waals surface area contributed by atoms with Crippen LogP contribution in [-0.2, 0) is 0 Å². The second-order valence-corrected chi connectivity index (χ2v) is 8.58. The van der Waals surface area contributed by atoms with Crippen LogP contribution in [0, 0.1) is 0 Å². The van der Waals surface area contributed by atoms with Crippen LogP contribution in [0.2, 0.25) is 0 Å². The Balaban J connectivity index is 2.04. The predicted molar refractivity (Wildman–Crippen MR) is 143 cm³/mol. The number of allylic oxidation sites excluding steroid dienone is 4. The summed E-state index contributed by atoms with van der Waals surface area (Å²) in [6.07, 6.45) is 6.45. The third kappa shape index (κ3) is 3.12. The highest BCUT2D eigenvalue weighted by Crippen LogP contribution is 2.44. The molecule has 5 rings (SSSR count). The van der Waals surface area contributed by atoms with Gasteiger partial charge in [0.1, 0.15) is 5.82 Å². The smallest absolute Gasteiger partial charge is 0.139 e. The van der Waals surface area contributed by atoms with E-state index >= 15 is 0 Å². The molecule has 0 aliphatic rings. The number of hydrogen-bond acceptors (Lipinski definition) is 2. The third-order valence-corrected chi connectivity index (χ3v) is 6.82. The summed E-state index contributed by atoms with van der Waals surface area (Å²) >= 11 is 3.64. The average molecular weight is 479 g/mol. The molecule has 0 radical (unpaired) electrons. The first-order valence-corrected chi connectivity index (χ1v) is 11.5. The highest BCUT2D eigenvalue weighted by atomic mass is 79.9. The molecule has 3 heteroatoms. The maximum Gasteiger partial charge on any atom is 0.139 e. The molecule has 0 fully saturated rings. The van der Waals surface area contributed by atoms with Crippen molar-refractivity contribution in [3.8, 4) is 11.3 Å². The minimum Gasteiger partial charge on any atom is -0.383 e. The fourth-order valence-corrected chi connectivity index (χ4v) is 5.07. The number of nitrogen functional groups attached to an aromatic ring is 1. The van der Waals surface area contributed by atoms with Gasteiger partial charge in [-0.1, -0.05) is 91.0 Å². The van der Waals surface area contributed by atoms with Crippen molar-refractivity contribution in [3.63, 3.8) is 0 Å². The Kier molecular flexibility index (Phi) is 5.28. The van der Waals surface area contributed by atoms with Gasteiger partial charge < -0.3 is 5.73 Å². The van der Waals surface area contributed by atoms with E-state index in [1.165, 1.54) is 32.7 Å². The quantitative estimate of drug-likeness (QED) is 0.208. The molecule has 4 aromatic carbocycles. The van der Waals surface area contributed by atoms with Gasteiger partial charge in [0.15, 0.2) is 0 Å². The number of rotatable bonds is 3. The Morgan fingerprint density at radius 3 is 1.78 bits per heavy atom. The van der Waals surface area contributed by atoms with Crippen molar-refractivity contribution in [1.29, 1.82) is 0 Å². The molecule has 0 saturated heterocycles. The van der Waals surface area contributed by atoms with E-state index in [0.717, 1.165) is 26.5 Å². The maximum absolute atomic E-state index is 6.38. The van der Waals surface area contributed by atoms with E-state index in [1.54, 1.807) is 0 Å². The van der Waals surface area contributed by atoms with Crippen molar-refractivity contribution in [3.05, 3.63) is 101 Å². The van der Waals surface area contributed by atoms with Crippen LogP contribution in [0.3, 0.4) is 0 Å². The van der Waals surface area contributed by atoms with Crippen LogP contribution in [0.1, 0.15) is 19.4 Å². The summed E-state index contributed by atoms with van der Waals surface area (Å²) in [5.74, 6) is 0.499. The summed E-state index contributed by atoms with van der Waals surface area (Å²) in [6.45, 7) is 4.15. The van der Waals surface area contributed by atoms with E-state index in [0.29, 0.717) is 5.82 Å². The monoisotopic (exact) mass is 478 g/mol. The second-order valence-electron chi connectivity index (χ2n) is 7.79. The molecule has 156 valence electrons. The lowest BCUT2D eigenvalue weighted by Crippen LogP contribution is -1.99. The first kappa shape index (κ1) is 20.5. The average Bonchev–Trinajstić information content (AvgIpc) is 2.84. The molecule has 0 unspecified atom stereocenters. The van der Waals surface area contributed by atoms with Gasteiger partial charge in [0.05, 0.1) is 10.2 Å². The number of benzene rings is 4. The van der Waals surface area contributed by atoms with Gasteiger partial charge >= 0.3 is 0 Å². The summed E-state index contributed by atoms with van der Waals surface area (Å²) in [5.41, 5.74) is 10.9. The van der Waals surface area contributed by atoms with Crippen LogP contribution < -0.4 is 5.73 Å². The Morgan fingerprint density at radius 1 is 0.750 bits per heavy atom. The molecule has 2 N–H and O–H groups in total. The molecule has 0 saturated carbocycles. The lowest BCUT2D eigenvalue weighted by atomic mass is 9.86. The van der Waals surface area contributed by atoms with Gasteiger partial charge in [-0.25, -0.2) is 4.98 Å². The summed E-state index contributed by atoms with van der Waals surface area (Å²) < 4.78 is 0.839. The third-order valence-electron chi connectivity index (χ3n) is 5.99. The van der Waals surface area contributed by atoms with E-state index in [2.05, 4.69) is 115 Å². The lowest BCUT2D eigenvalue weighted by molar-refractivity contribution is 1.36. The van der Waals surface area contributed by atoms with Gasteiger partial charge in [-0.05, 0) is 62.5 Å². The molecular weight excluding hydrogens is 456 g/mol. The summed E-state index contributed by atoms with van der Waals surface area (Å²) in [6, 6.07) is 25.5. The molecule has 2 nitrogen and oxygen atoms in total. The first-order chi connectivity index (χ1) is 15.7. The van der Waals surface area contributed by atoms with E-state index in [-0.39, 0.29) is 0 Å². The SMILES string of the molecule is C/C=C\C(=C/C)c1c2ccccc2c(-c2nc(N)c(Br)c3ccccc23)c2ccccc12. The van der Waals surface area contributed by atoms with Gasteiger partial charge in [0.2, 0.25) is 0 Å². The Hall–Kier alpha value is -3.43. The largest absolute Gasteiger partial charge is 0.383 e. The molecule has 5 aromatic rings. The lowest BCUT2D eigenvalue weighted by Gasteiger charge is -2.19. The number of halogens is 1. The van der Waals surface area contributed by atoms with Crippen molar-refractivity contribution in [2.24, 2.45) is 0 Å². The van der Waals surface area contributed by atoms with Crippen molar-refractivity contribution in [2.75, 3.05) is 5.73 Å². The molecule has 32 heavy (non-hydrogen) atoms. The highest BCUT2D eigenvalue weighted by Gasteiger charge is 2.20. The maximum atomic E-state index is 6.38. The van der Waals surface area contributed by atoms with Crippen molar-refractivity contribution in [2.45, 2.75) is 13.8 Å². The van der Waals surface area contributed by atoms with Gasteiger partial charge in [-0.2, -0.15) is 0 Å². The molecule has 0 spiro atoms. The number of nitrogens with zero attached hydrogens (tertiary/aromatic N) is 1. The van der Waals surface area contributed by atoms with Gasteiger partial charge in [-0.15, -0.1) is 0 Å². The fraction of sp³-hybridized carbons (Fsp3) is 0.0690. The van der Waals surface area contributed by atoms with E-state index in [1.807, 2.05) is 6.07 Å². The van der Waals surface area contributed by atoms with E-state index in [4.69, 9.17) is 10.7 Å². The molecule has 0 atom stereocenters. The first-order valence-electron chi connectivity index (χ1n) is 10.7. The van der Waals surface area contributed by atoms with Crippen molar-refractivity contribution in [1.82, 2.24) is 4.98 Å². The van der Waals surface area contributed by atoms with Crippen LogP contribution in [-0.4, -0.2) is 4.98 Å². The number of fused-ring (bicyclic) bond motifs is 3. The molecule has 0 bridgehead atoms. The molecule has 0 amide bonds. The zero-order valence-corrected chi connectivity index (χ0v) is 19.6. The molecule has 0 aliphatic carbocycles. The molecule has 1 heterocycles. The van der Waals surface area contributed by atoms with Gasteiger partial charge in [0, 0.05) is 16.3 Å². The minimum atomic E-state index is 0.499. The summed E-state index contributed by atoms with van der Waals surface area (Å²) in [5, 5.41) is 6.90. The number of anilines is 1. The van der Waals surface area contributed by atoms with Crippen molar-refractivity contribution < 1.29 is 0 Å². The van der Waals surface area contributed by atoms with Crippen LogP contribution in [0.5, 0.6) is 0 Å². The zero-order chi connectivity index (χ0) is 22.2. The van der Waals surface area contributed by atoms with Crippen LogP contribution in [0.15, 0.2) is 95.5 Å². The number of nitrogens with two attached hydrogens (primary N) is 1. The van der Waals surface area contributed by atoms with E-state index < -0.39 is 0 Å². The number of aromatic nitrogens is 1. The van der Waals surface area contributed by atoms with Gasteiger partial charge in [-0.3, -0.25) is 0 Å². The highest BCUT2D eigenvalue weighted by molar-refractivity contribution is 9.10. The fourth-order valence-electron chi connectivity index (χ4n) is 4.64. The second kappa shape index (κ2) is 8.25. The van der Waals surface area contributed by atoms with Crippen LogP contribution in [0.4, 0.5) is 5.82 Å².